The fourth-order valence-electron chi connectivity index (χ4n) is 3.61. The van der Waals surface area contributed by atoms with Gasteiger partial charge < -0.3 is 4.90 Å². The second-order valence-electron chi connectivity index (χ2n) is 6.75. The number of carbonyl (C=O) groups excluding carboxylic acids is 1. The van der Waals surface area contributed by atoms with Crippen molar-refractivity contribution < 1.29 is 13.2 Å². The molecular formula is C17H20N4O3S. The lowest BCUT2D eigenvalue weighted by Gasteiger charge is -2.42. The Kier molecular flexibility index (Phi) is 3.69. The highest BCUT2D eigenvalue weighted by molar-refractivity contribution is 7.89. The van der Waals surface area contributed by atoms with Crippen LogP contribution in [0.4, 0.5) is 0 Å². The molecule has 2 aliphatic rings. The minimum Gasteiger partial charge on any atom is -0.337 e. The van der Waals surface area contributed by atoms with Crippen LogP contribution in [0.15, 0.2) is 35.2 Å². The fourth-order valence-corrected chi connectivity index (χ4v) is 5.05. The average Bonchev–Trinajstić information content (AvgIpc) is 2.83. The van der Waals surface area contributed by atoms with Crippen molar-refractivity contribution in [1.29, 1.82) is 0 Å². The molecule has 1 atom stereocenters. The minimum absolute atomic E-state index is 0.158. The molecule has 132 valence electrons. The molecule has 25 heavy (non-hydrogen) atoms. The summed E-state index contributed by atoms with van der Waals surface area (Å²) >= 11 is 0. The van der Waals surface area contributed by atoms with Crippen molar-refractivity contribution in [2.24, 2.45) is 0 Å². The summed E-state index contributed by atoms with van der Waals surface area (Å²) in [5.41, 5.74) is 2.72. The lowest BCUT2D eigenvalue weighted by Crippen LogP contribution is -2.59. The van der Waals surface area contributed by atoms with E-state index in [9.17, 15) is 13.2 Å². The second-order valence-corrected chi connectivity index (χ2v) is 8.44. The van der Waals surface area contributed by atoms with Crippen molar-refractivity contribution in [3.8, 4) is 0 Å². The van der Waals surface area contributed by atoms with Crippen LogP contribution in [-0.4, -0.2) is 48.1 Å². The summed E-state index contributed by atoms with van der Waals surface area (Å²) in [5.74, 6) is -0.171. The van der Waals surface area contributed by atoms with Crippen LogP contribution in [0.25, 0.3) is 0 Å². The van der Waals surface area contributed by atoms with Crippen molar-refractivity contribution >= 4 is 15.9 Å². The Labute approximate surface area is 146 Å². The number of likely N-dealkylation sites (tertiary alicyclic amines) is 1. The van der Waals surface area contributed by atoms with Gasteiger partial charge in [-0.2, -0.15) is 9.82 Å². The highest BCUT2D eigenvalue weighted by atomic mass is 32.2. The summed E-state index contributed by atoms with van der Waals surface area (Å²) in [7, 11) is -3.64. The van der Waals surface area contributed by atoms with Crippen LogP contribution in [0.1, 0.15) is 23.0 Å². The van der Waals surface area contributed by atoms with Gasteiger partial charge in [-0.15, -0.1) is 0 Å². The summed E-state index contributed by atoms with van der Waals surface area (Å²) in [4.78, 5) is 14.7. The quantitative estimate of drug-likeness (QED) is 0.858. The normalized spacial score (nSPS) is 22.3. The molecule has 8 heteroatoms. The van der Waals surface area contributed by atoms with Crippen LogP contribution in [0, 0.1) is 13.8 Å². The smallest absolute Gasteiger partial charge is 0.241 e. The van der Waals surface area contributed by atoms with Crippen LogP contribution in [0.2, 0.25) is 0 Å². The number of nitrogens with one attached hydrogen (secondary N) is 1. The van der Waals surface area contributed by atoms with Crippen LogP contribution >= 0.6 is 0 Å². The van der Waals surface area contributed by atoms with Gasteiger partial charge in [-0.1, -0.05) is 18.2 Å². The fraction of sp³-hybridized carbons (Fsp3) is 0.412. The molecule has 0 aliphatic carbocycles. The number of aryl methyl sites for hydroxylation is 2. The zero-order valence-electron chi connectivity index (χ0n) is 14.1. The van der Waals surface area contributed by atoms with Gasteiger partial charge in [0.25, 0.3) is 0 Å². The predicted octanol–water partition coefficient (Wildman–Crippen LogP) is 0.786. The molecule has 1 aromatic heterocycles. The van der Waals surface area contributed by atoms with Crippen LogP contribution in [0.3, 0.4) is 0 Å². The molecular weight excluding hydrogens is 340 g/mol. The summed E-state index contributed by atoms with van der Waals surface area (Å²) in [6.45, 7) is 5.05. The number of hydrogen-bond donors (Lipinski definition) is 1. The maximum Gasteiger partial charge on any atom is 0.241 e. The lowest BCUT2D eigenvalue weighted by molar-refractivity contribution is -0.139. The predicted molar refractivity (Wildman–Crippen MR) is 91.6 cm³/mol. The number of nitrogens with zero attached hydrogens (tertiary/aromatic N) is 3. The number of aromatic nitrogens is 2. The second kappa shape index (κ2) is 5.67. The number of benzene rings is 1. The number of fused-ring (bicyclic) bond motifs is 1. The standard InChI is InChI=1S/C17H20N4O3S/c1-11-7-12(2)21(18-11)14-9-20(10-14)17(22)15-8-13-5-3-4-6-16(13)25(23,24)19-15/h3-7,14-15,19H,8-10H2,1-2H3/t15-/m1/s1. The van der Waals surface area contributed by atoms with Crippen molar-refractivity contribution in [3.63, 3.8) is 0 Å². The maximum absolute atomic E-state index is 12.7. The first-order valence-corrected chi connectivity index (χ1v) is 9.75. The van der Waals surface area contributed by atoms with Crippen molar-refractivity contribution in [2.75, 3.05) is 13.1 Å². The zero-order chi connectivity index (χ0) is 17.8. The Hall–Kier alpha value is -2.19. The first-order valence-electron chi connectivity index (χ1n) is 8.27. The molecule has 0 unspecified atom stereocenters. The Balaban J connectivity index is 1.48. The van der Waals surface area contributed by atoms with Gasteiger partial charge in [0.1, 0.15) is 6.04 Å². The molecule has 4 rings (SSSR count). The molecule has 0 radical (unpaired) electrons. The molecule has 3 heterocycles. The Morgan fingerprint density at radius 2 is 1.96 bits per heavy atom. The van der Waals surface area contributed by atoms with Gasteiger partial charge in [-0.25, -0.2) is 8.42 Å². The van der Waals surface area contributed by atoms with Gasteiger partial charge in [0, 0.05) is 18.8 Å². The molecule has 1 aromatic carbocycles. The molecule has 2 aliphatic heterocycles. The van der Waals surface area contributed by atoms with E-state index in [0.29, 0.717) is 25.1 Å². The van der Waals surface area contributed by atoms with E-state index >= 15 is 0 Å². The van der Waals surface area contributed by atoms with Gasteiger partial charge in [0.05, 0.1) is 16.6 Å². The van der Waals surface area contributed by atoms with E-state index in [0.717, 1.165) is 11.4 Å². The molecule has 0 bridgehead atoms. The third-order valence-corrected chi connectivity index (χ3v) is 6.42. The van der Waals surface area contributed by atoms with Gasteiger partial charge in [-0.3, -0.25) is 9.48 Å². The third kappa shape index (κ3) is 2.75. The van der Waals surface area contributed by atoms with E-state index in [-0.39, 0.29) is 16.8 Å². The Bertz CT molecular complexity index is 945. The van der Waals surface area contributed by atoms with Crippen molar-refractivity contribution in [2.45, 2.75) is 37.2 Å². The summed E-state index contributed by atoms with van der Waals surface area (Å²) in [6.07, 6.45) is 0.384. The first kappa shape index (κ1) is 16.3. The molecule has 1 N–H and O–H groups in total. The first-order chi connectivity index (χ1) is 11.8. The van der Waals surface area contributed by atoms with E-state index in [1.54, 1.807) is 29.2 Å². The molecule has 0 saturated carbocycles. The summed E-state index contributed by atoms with van der Waals surface area (Å²) in [6, 6.07) is 8.25. The monoisotopic (exact) mass is 360 g/mol. The summed E-state index contributed by atoms with van der Waals surface area (Å²) < 4.78 is 29.2. The third-order valence-electron chi connectivity index (χ3n) is 4.85. The van der Waals surface area contributed by atoms with E-state index < -0.39 is 16.1 Å². The molecule has 0 spiro atoms. The topological polar surface area (TPSA) is 84.3 Å². The number of rotatable bonds is 2. The maximum atomic E-state index is 12.7. The minimum atomic E-state index is -3.64. The van der Waals surface area contributed by atoms with Gasteiger partial charge in [-0.05, 0) is 38.0 Å². The Morgan fingerprint density at radius 1 is 1.24 bits per heavy atom. The lowest BCUT2D eigenvalue weighted by atomic mass is 10.0. The van der Waals surface area contributed by atoms with Crippen LogP contribution in [-0.2, 0) is 21.2 Å². The van der Waals surface area contributed by atoms with Gasteiger partial charge in [0.15, 0.2) is 0 Å². The van der Waals surface area contributed by atoms with E-state index in [1.165, 1.54) is 0 Å². The van der Waals surface area contributed by atoms with Crippen molar-refractivity contribution in [1.82, 2.24) is 19.4 Å². The number of carbonyl (C=O) groups is 1. The van der Waals surface area contributed by atoms with Crippen LogP contribution in [0.5, 0.6) is 0 Å². The molecule has 1 amide bonds. The van der Waals surface area contributed by atoms with E-state index in [2.05, 4.69) is 9.82 Å². The SMILES string of the molecule is Cc1cc(C)n(C2CN(C(=O)[C@H]3Cc4ccccc4S(=O)(=O)N3)C2)n1. The van der Waals surface area contributed by atoms with E-state index in [4.69, 9.17) is 0 Å². The van der Waals surface area contributed by atoms with Crippen LogP contribution < -0.4 is 4.72 Å². The van der Waals surface area contributed by atoms with Gasteiger partial charge >= 0.3 is 0 Å². The average molecular weight is 360 g/mol. The zero-order valence-corrected chi connectivity index (χ0v) is 15.0. The number of sulfonamides is 1. The largest absolute Gasteiger partial charge is 0.337 e. The van der Waals surface area contributed by atoms with Crippen molar-refractivity contribution in [3.05, 3.63) is 47.3 Å². The molecule has 1 fully saturated rings. The highest BCUT2D eigenvalue weighted by Gasteiger charge is 2.40. The van der Waals surface area contributed by atoms with Gasteiger partial charge in [0.2, 0.25) is 15.9 Å². The van der Waals surface area contributed by atoms with E-state index in [1.807, 2.05) is 24.6 Å². The summed E-state index contributed by atoms with van der Waals surface area (Å²) in [5, 5.41) is 4.46. The Morgan fingerprint density at radius 3 is 2.64 bits per heavy atom. The molecule has 7 nitrogen and oxygen atoms in total. The molecule has 1 saturated heterocycles. The highest BCUT2D eigenvalue weighted by Crippen LogP contribution is 2.27. The molecule has 2 aromatic rings. The number of amides is 1. The number of hydrogen-bond acceptors (Lipinski definition) is 4.